The molecule has 0 radical (unpaired) electrons. The number of hydrogen-bond acceptors (Lipinski definition) is 4. The zero-order valence-corrected chi connectivity index (χ0v) is 17.0. The highest BCUT2D eigenvalue weighted by atomic mass is 35.5. The fourth-order valence-electron chi connectivity index (χ4n) is 3.71. The van der Waals surface area contributed by atoms with Crippen LogP contribution in [-0.4, -0.2) is 62.8 Å². The molecule has 0 unspecified atom stereocenters. The first-order valence-electron chi connectivity index (χ1n) is 8.96. The second-order valence-electron chi connectivity index (χ2n) is 6.90. The van der Waals surface area contributed by atoms with Crippen LogP contribution in [0, 0.1) is 0 Å². The molecule has 0 bridgehead atoms. The van der Waals surface area contributed by atoms with Gasteiger partial charge in [0.15, 0.2) is 0 Å². The van der Waals surface area contributed by atoms with E-state index in [2.05, 4.69) is 5.32 Å². The van der Waals surface area contributed by atoms with Crippen LogP contribution in [0.2, 0.25) is 0 Å². The van der Waals surface area contributed by atoms with Gasteiger partial charge in [-0.2, -0.15) is 4.31 Å². The number of fused-ring (bicyclic) bond motifs is 1. The molecule has 26 heavy (non-hydrogen) atoms. The third-order valence-corrected chi connectivity index (χ3v) is 7.32. The van der Waals surface area contributed by atoms with Crippen molar-refractivity contribution in [2.45, 2.75) is 43.5 Å². The summed E-state index contributed by atoms with van der Waals surface area (Å²) in [5.74, 6) is 0.0769. The molecule has 8 heteroatoms. The van der Waals surface area contributed by atoms with Crippen LogP contribution in [-0.2, 0) is 27.7 Å². The molecule has 2 heterocycles. The average molecular weight is 402 g/mol. The number of hydrogen-bond donors (Lipinski definition) is 1. The van der Waals surface area contributed by atoms with Gasteiger partial charge in [0.1, 0.15) is 0 Å². The fraction of sp³-hybridized carbons (Fsp3) is 0.611. The lowest BCUT2D eigenvalue weighted by molar-refractivity contribution is -0.128. The minimum Gasteiger partial charge on any atom is -0.342 e. The van der Waals surface area contributed by atoms with Gasteiger partial charge in [0.05, 0.1) is 4.90 Å². The van der Waals surface area contributed by atoms with E-state index in [1.165, 1.54) is 0 Å². The van der Waals surface area contributed by atoms with Crippen LogP contribution in [0.15, 0.2) is 23.1 Å². The summed E-state index contributed by atoms with van der Waals surface area (Å²) in [5.41, 5.74) is 2.20. The second kappa shape index (κ2) is 8.69. The number of benzene rings is 1. The van der Waals surface area contributed by atoms with Gasteiger partial charge >= 0.3 is 0 Å². The first-order valence-corrected chi connectivity index (χ1v) is 10.4. The lowest BCUT2D eigenvalue weighted by Crippen LogP contribution is -2.43. The maximum Gasteiger partial charge on any atom is 0.243 e. The third kappa shape index (κ3) is 4.39. The largest absolute Gasteiger partial charge is 0.342 e. The molecular formula is C18H28ClN3O3S. The summed E-state index contributed by atoms with van der Waals surface area (Å²) in [6, 6.07) is 5.86. The summed E-state index contributed by atoms with van der Waals surface area (Å²) in [7, 11) is -1.52. The number of rotatable bonds is 3. The van der Waals surface area contributed by atoms with Crippen molar-refractivity contribution in [3.05, 3.63) is 29.3 Å². The Morgan fingerprint density at radius 2 is 1.69 bits per heavy atom. The topological polar surface area (TPSA) is 69.7 Å². The van der Waals surface area contributed by atoms with Gasteiger partial charge in [-0.05, 0) is 56.0 Å². The Kier molecular flexibility index (Phi) is 7.07. The molecule has 2 aliphatic heterocycles. The standard InChI is InChI=1S/C18H27N3O3S.ClH/c1-14(22)20-9-5-15-3-4-18(13-16(15)6-10-20)25(23,24)21-11-7-17(19-2)8-12-21;/h3-4,13,17,19H,5-12H2,1-2H3;1H. The zero-order chi connectivity index (χ0) is 18.0. The average Bonchev–Trinajstić information content (AvgIpc) is 2.83. The Labute approximate surface area is 162 Å². The first-order chi connectivity index (χ1) is 11.9. The van der Waals surface area contributed by atoms with E-state index in [9.17, 15) is 13.2 Å². The van der Waals surface area contributed by atoms with Crippen molar-refractivity contribution in [3.63, 3.8) is 0 Å². The molecule has 1 fully saturated rings. The molecule has 1 N–H and O–H groups in total. The highest BCUT2D eigenvalue weighted by Gasteiger charge is 2.29. The fourth-order valence-corrected chi connectivity index (χ4v) is 5.23. The number of carbonyl (C=O) groups is 1. The summed E-state index contributed by atoms with van der Waals surface area (Å²) < 4.78 is 27.5. The molecule has 0 saturated carbocycles. The monoisotopic (exact) mass is 401 g/mol. The highest BCUT2D eigenvalue weighted by Crippen LogP contribution is 2.25. The van der Waals surface area contributed by atoms with Crippen molar-refractivity contribution >= 4 is 28.3 Å². The third-order valence-electron chi connectivity index (χ3n) is 5.43. The van der Waals surface area contributed by atoms with Crippen LogP contribution in [0.5, 0.6) is 0 Å². The molecule has 3 rings (SSSR count). The van der Waals surface area contributed by atoms with E-state index < -0.39 is 10.0 Å². The van der Waals surface area contributed by atoms with Crippen LogP contribution in [0.3, 0.4) is 0 Å². The molecule has 0 aliphatic carbocycles. The van der Waals surface area contributed by atoms with Crippen LogP contribution in [0.1, 0.15) is 30.9 Å². The Balaban J connectivity index is 0.00000243. The number of amides is 1. The number of nitrogens with one attached hydrogen (secondary N) is 1. The van der Waals surface area contributed by atoms with Crippen molar-refractivity contribution < 1.29 is 13.2 Å². The molecule has 1 aromatic rings. The van der Waals surface area contributed by atoms with E-state index in [0.29, 0.717) is 43.5 Å². The molecule has 1 aromatic carbocycles. The molecular weight excluding hydrogens is 374 g/mol. The first kappa shape index (κ1) is 21.2. The zero-order valence-electron chi connectivity index (χ0n) is 15.4. The maximum absolute atomic E-state index is 13.0. The quantitative estimate of drug-likeness (QED) is 0.831. The van der Waals surface area contributed by atoms with Gasteiger partial charge in [-0.15, -0.1) is 12.4 Å². The van der Waals surface area contributed by atoms with Crippen molar-refractivity contribution in [1.29, 1.82) is 0 Å². The number of piperidine rings is 1. The number of nitrogens with zero attached hydrogens (tertiary/aromatic N) is 2. The lowest BCUT2D eigenvalue weighted by Gasteiger charge is -2.31. The minimum atomic E-state index is -3.44. The van der Waals surface area contributed by atoms with Gasteiger partial charge in [0, 0.05) is 39.1 Å². The van der Waals surface area contributed by atoms with Gasteiger partial charge in [-0.1, -0.05) is 6.07 Å². The van der Waals surface area contributed by atoms with Crippen LogP contribution < -0.4 is 5.32 Å². The Hall–Kier alpha value is -1.15. The van der Waals surface area contributed by atoms with Gasteiger partial charge in [0.2, 0.25) is 15.9 Å². The molecule has 0 atom stereocenters. The van der Waals surface area contributed by atoms with Crippen molar-refractivity contribution in [3.8, 4) is 0 Å². The molecule has 0 spiro atoms. The van der Waals surface area contributed by atoms with Crippen molar-refractivity contribution in [1.82, 2.24) is 14.5 Å². The normalized spacial score (nSPS) is 19.4. The van der Waals surface area contributed by atoms with Crippen molar-refractivity contribution in [2.75, 3.05) is 33.2 Å². The minimum absolute atomic E-state index is 0. The Morgan fingerprint density at radius 3 is 2.27 bits per heavy atom. The highest BCUT2D eigenvalue weighted by molar-refractivity contribution is 7.89. The molecule has 6 nitrogen and oxygen atoms in total. The van der Waals surface area contributed by atoms with E-state index in [-0.39, 0.29) is 18.3 Å². The maximum atomic E-state index is 13.0. The smallest absolute Gasteiger partial charge is 0.243 e. The van der Waals surface area contributed by atoms with E-state index >= 15 is 0 Å². The number of halogens is 1. The predicted molar refractivity (Wildman–Crippen MR) is 104 cm³/mol. The second-order valence-corrected chi connectivity index (χ2v) is 8.84. The number of carbonyl (C=O) groups excluding carboxylic acids is 1. The van der Waals surface area contributed by atoms with E-state index in [0.717, 1.165) is 30.4 Å². The van der Waals surface area contributed by atoms with Crippen LogP contribution >= 0.6 is 12.4 Å². The van der Waals surface area contributed by atoms with Gasteiger partial charge < -0.3 is 10.2 Å². The van der Waals surface area contributed by atoms with Gasteiger partial charge in [-0.3, -0.25) is 4.79 Å². The van der Waals surface area contributed by atoms with E-state index in [1.807, 2.05) is 24.1 Å². The Morgan fingerprint density at radius 1 is 1.08 bits per heavy atom. The molecule has 1 saturated heterocycles. The Bertz CT molecular complexity index is 746. The van der Waals surface area contributed by atoms with Crippen molar-refractivity contribution in [2.24, 2.45) is 0 Å². The van der Waals surface area contributed by atoms with E-state index in [1.54, 1.807) is 17.3 Å². The predicted octanol–water partition coefficient (Wildman–Crippen LogP) is 1.43. The summed E-state index contributed by atoms with van der Waals surface area (Å²) in [5, 5.41) is 3.22. The van der Waals surface area contributed by atoms with E-state index in [4.69, 9.17) is 0 Å². The number of sulfonamides is 1. The summed E-state index contributed by atoms with van der Waals surface area (Å²) >= 11 is 0. The lowest BCUT2D eigenvalue weighted by atomic mass is 10.0. The van der Waals surface area contributed by atoms with Gasteiger partial charge in [0.25, 0.3) is 0 Å². The molecule has 1 amide bonds. The molecule has 0 aromatic heterocycles. The summed E-state index contributed by atoms with van der Waals surface area (Å²) in [4.78, 5) is 13.8. The SMILES string of the molecule is CNC1CCN(S(=O)(=O)c2ccc3c(c2)CCN(C(C)=O)CC3)CC1.Cl. The summed E-state index contributed by atoms with van der Waals surface area (Å²) in [6.07, 6.45) is 3.17. The van der Waals surface area contributed by atoms with Crippen LogP contribution in [0.4, 0.5) is 0 Å². The molecule has 146 valence electrons. The van der Waals surface area contributed by atoms with Crippen LogP contribution in [0.25, 0.3) is 0 Å². The summed E-state index contributed by atoms with van der Waals surface area (Å²) in [6.45, 7) is 4.05. The molecule has 2 aliphatic rings. The van der Waals surface area contributed by atoms with Gasteiger partial charge in [-0.25, -0.2) is 8.42 Å².